The second-order valence-corrected chi connectivity index (χ2v) is 5.31. The van der Waals surface area contributed by atoms with E-state index in [0.29, 0.717) is 5.92 Å². The van der Waals surface area contributed by atoms with Gasteiger partial charge in [-0.15, -0.1) is 0 Å². The number of phenols is 1. The van der Waals surface area contributed by atoms with Crippen LogP contribution < -0.4 is 5.32 Å². The molecule has 17 heavy (non-hydrogen) atoms. The number of piperidine rings is 1. The summed E-state index contributed by atoms with van der Waals surface area (Å²) in [5.41, 5.74) is 0.772. The zero-order valence-electron chi connectivity index (χ0n) is 9.69. The van der Waals surface area contributed by atoms with Crippen LogP contribution in [0.2, 0.25) is 0 Å². The quantitative estimate of drug-likeness (QED) is 0.842. The Morgan fingerprint density at radius 1 is 1.41 bits per heavy atom. The number of aliphatic imine (C=N–C) groups is 1. The molecule has 3 nitrogen and oxygen atoms in total. The first-order chi connectivity index (χ1) is 8.25. The Hall–Kier alpha value is -0.870. The van der Waals surface area contributed by atoms with Gasteiger partial charge in [-0.1, -0.05) is 15.9 Å². The van der Waals surface area contributed by atoms with E-state index in [1.165, 1.54) is 12.8 Å². The van der Waals surface area contributed by atoms with Crippen LogP contribution in [0, 0.1) is 5.92 Å². The molecule has 0 unspecified atom stereocenters. The lowest BCUT2D eigenvalue weighted by Crippen LogP contribution is -2.28. The number of nitrogens with zero attached hydrogens (tertiary/aromatic N) is 1. The van der Waals surface area contributed by atoms with Gasteiger partial charge in [-0.3, -0.25) is 4.99 Å². The van der Waals surface area contributed by atoms with E-state index >= 15 is 0 Å². The number of halogens is 1. The van der Waals surface area contributed by atoms with E-state index in [9.17, 15) is 5.11 Å². The van der Waals surface area contributed by atoms with Gasteiger partial charge in [0, 0.05) is 22.8 Å². The van der Waals surface area contributed by atoms with Crippen LogP contribution in [0.15, 0.2) is 27.7 Å². The first-order valence-corrected chi connectivity index (χ1v) is 6.74. The van der Waals surface area contributed by atoms with Crippen LogP contribution in [0.5, 0.6) is 5.75 Å². The van der Waals surface area contributed by atoms with Gasteiger partial charge >= 0.3 is 0 Å². The van der Waals surface area contributed by atoms with Crippen molar-refractivity contribution in [1.82, 2.24) is 5.32 Å². The van der Waals surface area contributed by atoms with E-state index in [4.69, 9.17) is 0 Å². The summed E-state index contributed by atoms with van der Waals surface area (Å²) >= 11 is 3.38. The minimum atomic E-state index is 0.280. The molecule has 0 spiro atoms. The summed E-state index contributed by atoms with van der Waals surface area (Å²) < 4.78 is 0.957. The Balaban J connectivity index is 1.92. The SMILES string of the molecule is Oc1ccc(Br)cc1/C=N/CC1CCNCC1. The smallest absolute Gasteiger partial charge is 0.124 e. The first-order valence-electron chi connectivity index (χ1n) is 5.95. The summed E-state index contributed by atoms with van der Waals surface area (Å²) in [4.78, 5) is 4.43. The van der Waals surface area contributed by atoms with E-state index in [-0.39, 0.29) is 5.75 Å². The highest BCUT2D eigenvalue weighted by atomic mass is 79.9. The highest BCUT2D eigenvalue weighted by Gasteiger charge is 2.11. The summed E-state index contributed by atoms with van der Waals surface area (Å²) in [7, 11) is 0. The normalized spacial score (nSPS) is 17.7. The summed E-state index contributed by atoms with van der Waals surface area (Å²) in [6.45, 7) is 3.05. The van der Waals surface area contributed by atoms with Crippen LogP contribution >= 0.6 is 15.9 Å². The molecular weight excluding hydrogens is 280 g/mol. The molecule has 1 aliphatic heterocycles. The van der Waals surface area contributed by atoms with E-state index in [1.54, 1.807) is 12.3 Å². The van der Waals surface area contributed by atoms with Gasteiger partial charge in [0.2, 0.25) is 0 Å². The molecule has 0 aliphatic carbocycles. The zero-order valence-corrected chi connectivity index (χ0v) is 11.3. The number of hydrogen-bond acceptors (Lipinski definition) is 3. The van der Waals surface area contributed by atoms with Gasteiger partial charge in [0.1, 0.15) is 5.75 Å². The molecule has 0 bridgehead atoms. The number of benzene rings is 1. The van der Waals surface area contributed by atoms with Crippen molar-refractivity contribution in [3.8, 4) is 5.75 Å². The molecule has 0 aromatic heterocycles. The maximum atomic E-state index is 9.65. The highest BCUT2D eigenvalue weighted by Crippen LogP contribution is 2.20. The molecule has 1 aromatic rings. The van der Waals surface area contributed by atoms with Crippen molar-refractivity contribution in [2.75, 3.05) is 19.6 Å². The Bertz CT molecular complexity index is 400. The minimum absolute atomic E-state index is 0.280. The monoisotopic (exact) mass is 296 g/mol. The summed E-state index contributed by atoms with van der Waals surface area (Å²) in [6, 6.07) is 5.37. The molecule has 0 atom stereocenters. The van der Waals surface area contributed by atoms with E-state index in [2.05, 4.69) is 26.2 Å². The van der Waals surface area contributed by atoms with Gasteiger partial charge < -0.3 is 10.4 Å². The third kappa shape index (κ3) is 3.82. The molecule has 92 valence electrons. The molecule has 1 fully saturated rings. The number of rotatable bonds is 3. The summed E-state index contributed by atoms with van der Waals surface area (Å²) in [5.74, 6) is 0.962. The van der Waals surface area contributed by atoms with Gasteiger partial charge in [0.05, 0.1) is 0 Å². The van der Waals surface area contributed by atoms with Gasteiger partial charge in [-0.2, -0.15) is 0 Å². The Morgan fingerprint density at radius 3 is 2.94 bits per heavy atom. The van der Waals surface area contributed by atoms with Crippen molar-refractivity contribution < 1.29 is 5.11 Å². The maximum Gasteiger partial charge on any atom is 0.124 e. The van der Waals surface area contributed by atoms with Gasteiger partial charge in [-0.05, 0) is 50.0 Å². The second kappa shape index (κ2) is 6.17. The molecule has 1 saturated heterocycles. The van der Waals surface area contributed by atoms with Crippen molar-refractivity contribution in [1.29, 1.82) is 0 Å². The van der Waals surface area contributed by atoms with Gasteiger partial charge in [-0.25, -0.2) is 0 Å². The van der Waals surface area contributed by atoms with Crippen LogP contribution in [0.25, 0.3) is 0 Å². The average molecular weight is 297 g/mol. The highest BCUT2D eigenvalue weighted by molar-refractivity contribution is 9.10. The van der Waals surface area contributed by atoms with Crippen LogP contribution in [-0.4, -0.2) is 31.0 Å². The Labute approximate surface area is 110 Å². The summed E-state index contributed by atoms with van der Waals surface area (Å²) in [5, 5.41) is 13.0. The minimum Gasteiger partial charge on any atom is -0.507 e. The van der Waals surface area contributed by atoms with Crippen LogP contribution in [0.3, 0.4) is 0 Å². The van der Waals surface area contributed by atoms with Crippen molar-refractivity contribution in [3.63, 3.8) is 0 Å². The fraction of sp³-hybridized carbons (Fsp3) is 0.462. The van der Waals surface area contributed by atoms with E-state index in [1.807, 2.05) is 12.1 Å². The van der Waals surface area contributed by atoms with Crippen LogP contribution in [0.4, 0.5) is 0 Å². The third-order valence-electron chi connectivity index (χ3n) is 3.04. The van der Waals surface area contributed by atoms with E-state index < -0.39 is 0 Å². The standard InChI is InChI=1S/C13H17BrN2O/c14-12-1-2-13(17)11(7-12)9-16-8-10-3-5-15-6-4-10/h1-2,7,9-10,15,17H,3-6,8H2/b16-9+. The van der Waals surface area contributed by atoms with Crippen molar-refractivity contribution in [3.05, 3.63) is 28.2 Å². The number of phenolic OH excluding ortho intramolecular Hbond substituents is 1. The molecule has 1 aromatic carbocycles. The fourth-order valence-electron chi connectivity index (χ4n) is 1.99. The number of hydrogen-bond donors (Lipinski definition) is 2. The van der Waals surface area contributed by atoms with Crippen LogP contribution in [0.1, 0.15) is 18.4 Å². The molecule has 2 N–H and O–H groups in total. The molecule has 0 amide bonds. The number of aromatic hydroxyl groups is 1. The van der Waals surface area contributed by atoms with Gasteiger partial charge in [0.15, 0.2) is 0 Å². The van der Waals surface area contributed by atoms with Gasteiger partial charge in [0.25, 0.3) is 0 Å². The largest absolute Gasteiger partial charge is 0.507 e. The fourth-order valence-corrected chi connectivity index (χ4v) is 2.37. The van der Waals surface area contributed by atoms with Crippen molar-refractivity contribution in [2.45, 2.75) is 12.8 Å². The molecule has 1 heterocycles. The van der Waals surface area contributed by atoms with E-state index in [0.717, 1.165) is 29.7 Å². The van der Waals surface area contributed by atoms with Crippen molar-refractivity contribution in [2.24, 2.45) is 10.9 Å². The topological polar surface area (TPSA) is 44.6 Å². The Kier molecular flexibility index (Phi) is 4.57. The molecule has 0 radical (unpaired) electrons. The first kappa shape index (κ1) is 12.6. The second-order valence-electron chi connectivity index (χ2n) is 4.39. The lowest BCUT2D eigenvalue weighted by molar-refractivity contribution is 0.383. The third-order valence-corrected chi connectivity index (χ3v) is 3.54. The molecular formula is C13H17BrN2O. The van der Waals surface area contributed by atoms with Crippen molar-refractivity contribution >= 4 is 22.1 Å². The lowest BCUT2D eigenvalue weighted by atomic mass is 9.98. The summed E-state index contributed by atoms with van der Waals surface area (Å²) in [6.07, 6.45) is 4.16. The molecule has 1 aliphatic rings. The number of nitrogens with one attached hydrogen (secondary N) is 1. The average Bonchev–Trinajstić information content (AvgIpc) is 2.35. The zero-order chi connectivity index (χ0) is 12.1. The predicted molar refractivity (Wildman–Crippen MR) is 73.9 cm³/mol. The van der Waals surface area contributed by atoms with Crippen LogP contribution in [-0.2, 0) is 0 Å². The lowest BCUT2D eigenvalue weighted by Gasteiger charge is -2.20. The Morgan fingerprint density at radius 2 is 2.18 bits per heavy atom. The predicted octanol–water partition coefficient (Wildman–Crippen LogP) is 2.57. The molecule has 4 heteroatoms. The molecule has 0 saturated carbocycles. The molecule has 2 rings (SSSR count). The maximum absolute atomic E-state index is 9.65.